The zero-order valence-electron chi connectivity index (χ0n) is 27.5. The van der Waals surface area contributed by atoms with Crippen molar-refractivity contribution in [1.82, 2.24) is 19.5 Å². The molecule has 0 spiro atoms. The number of hydrazine groups is 1. The summed E-state index contributed by atoms with van der Waals surface area (Å²) in [6, 6.07) is 9.08. The van der Waals surface area contributed by atoms with E-state index in [1.807, 2.05) is 0 Å². The lowest BCUT2D eigenvalue weighted by Gasteiger charge is -2.35. The Morgan fingerprint density at radius 2 is 1.75 bits per heavy atom. The van der Waals surface area contributed by atoms with Crippen molar-refractivity contribution < 1.29 is 37.7 Å². The molecule has 6 N–H and O–H groups in total. The largest absolute Gasteiger partial charge is 0.481 e. The van der Waals surface area contributed by atoms with Crippen LogP contribution in [0.15, 0.2) is 54.9 Å². The molecule has 48 heavy (non-hydrogen) atoms. The molecule has 14 heteroatoms. The van der Waals surface area contributed by atoms with E-state index in [0.717, 1.165) is 23.2 Å². The molecule has 1 saturated carbocycles. The highest BCUT2D eigenvalue weighted by Gasteiger charge is 2.62. The Labute approximate surface area is 275 Å². The predicted octanol–water partition coefficient (Wildman–Crippen LogP) is 5.22. The zero-order valence-corrected chi connectivity index (χ0v) is 27.5. The second-order valence-corrected chi connectivity index (χ2v) is 13.5. The number of nitrogens with zero attached hydrogens (tertiary/aromatic N) is 4. The average molecular weight is 669 g/mol. The molecule has 1 aliphatic rings. The van der Waals surface area contributed by atoms with Crippen LogP contribution in [0.5, 0.6) is 5.88 Å². The molecule has 3 heterocycles. The lowest BCUT2D eigenvalue weighted by Crippen LogP contribution is -2.50. The molecule has 0 saturated heterocycles. The van der Waals surface area contributed by atoms with Crippen molar-refractivity contribution in [2.45, 2.75) is 69.9 Å². The van der Waals surface area contributed by atoms with Gasteiger partial charge in [-0.2, -0.15) is 0 Å². The third-order valence-electron chi connectivity index (χ3n) is 8.05. The smallest absolute Gasteiger partial charge is 0.419 e. The number of carbonyl (C=O) groups is 1. The van der Waals surface area contributed by atoms with Crippen LogP contribution < -0.4 is 16.3 Å². The Morgan fingerprint density at radius 3 is 2.31 bits per heavy atom. The Kier molecular flexibility index (Phi) is 8.74. The number of alkyl halides is 1. The number of nitrogens with two attached hydrogens (primary N) is 2. The average Bonchev–Trinajstić information content (AvgIpc) is 3.63. The highest BCUT2D eigenvalue weighted by atomic mass is 19.1. The van der Waals surface area contributed by atoms with Gasteiger partial charge in [-0.15, -0.1) is 0 Å². The van der Waals surface area contributed by atoms with E-state index in [-0.39, 0.29) is 46.7 Å². The van der Waals surface area contributed by atoms with E-state index in [4.69, 9.17) is 21.1 Å². The number of rotatable bonds is 9. The maximum absolute atomic E-state index is 16.2. The van der Waals surface area contributed by atoms with E-state index in [9.17, 15) is 19.4 Å². The van der Waals surface area contributed by atoms with Crippen LogP contribution in [0, 0.1) is 11.6 Å². The van der Waals surface area contributed by atoms with Gasteiger partial charge in [0.15, 0.2) is 11.4 Å². The van der Waals surface area contributed by atoms with Crippen LogP contribution in [-0.2, 0) is 15.9 Å². The first-order chi connectivity index (χ1) is 22.3. The summed E-state index contributed by atoms with van der Waals surface area (Å²) in [5.74, 6) is 5.15. The molecule has 0 aliphatic heterocycles. The quantitative estimate of drug-likeness (QED) is 0.138. The lowest BCUT2D eigenvalue weighted by atomic mass is 9.86. The highest BCUT2D eigenvalue weighted by molar-refractivity contribution is 5.94. The molecule has 1 aliphatic carbocycles. The molecule has 11 nitrogen and oxygen atoms in total. The van der Waals surface area contributed by atoms with Crippen LogP contribution in [0.1, 0.15) is 64.4 Å². The topological polar surface area (TPSA) is 162 Å². The van der Waals surface area contributed by atoms with Crippen LogP contribution in [0.2, 0.25) is 0 Å². The minimum absolute atomic E-state index is 0.0545. The fourth-order valence-electron chi connectivity index (χ4n) is 5.43. The van der Waals surface area contributed by atoms with Crippen molar-refractivity contribution >= 4 is 22.7 Å². The van der Waals surface area contributed by atoms with Gasteiger partial charge < -0.3 is 30.4 Å². The van der Waals surface area contributed by atoms with Crippen molar-refractivity contribution in [3.05, 3.63) is 83.4 Å². The molecule has 1 unspecified atom stereocenters. The second kappa shape index (κ2) is 12.1. The number of carbonyl (C=O) groups excluding carboxylic acids is 1. The van der Waals surface area contributed by atoms with Crippen LogP contribution in [-0.4, -0.2) is 60.8 Å². The van der Waals surface area contributed by atoms with Gasteiger partial charge in [0, 0.05) is 28.8 Å². The fraction of sp³-hybridized carbons (Fsp3) is 0.382. The molecular weight excluding hydrogens is 629 g/mol. The van der Waals surface area contributed by atoms with E-state index in [1.54, 1.807) is 32.9 Å². The predicted molar refractivity (Wildman–Crippen MR) is 173 cm³/mol. The fourth-order valence-corrected chi connectivity index (χ4v) is 5.43. The number of methoxy groups -OCH3 is 1. The summed E-state index contributed by atoms with van der Waals surface area (Å²) >= 11 is 0. The van der Waals surface area contributed by atoms with Gasteiger partial charge in [0.05, 0.1) is 48.1 Å². The molecule has 256 valence electrons. The standard InChI is InChI=1S/C34H39F3N6O5/c1-31(2,3)48-30(44)43-24(13-20-14-27(47-6)40-16-25(20)43)23(38)17-42(39)18-34(46,33(37)11-12-33)26-15-22(32(4,5)45)28(36)29(41-26)19-7-9-21(35)10-8-19/h7-10,13-17,45-46H,11-12,18,38-39H2,1-6H3/b23-17-. The summed E-state index contributed by atoms with van der Waals surface area (Å²) in [5, 5.41) is 24.4. The van der Waals surface area contributed by atoms with Gasteiger partial charge in [-0.1, -0.05) is 0 Å². The maximum atomic E-state index is 16.2. The van der Waals surface area contributed by atoms with E-state index in [0.29, 0.717) is 16.8 Å². The van der Waals surface area contributed by atoms with Gasteiger partial charge in [-0.3, -0.25) is 0 Å². The number of pyridine rings is 2. The number of hydrogen-bond donors (Lipinski definition) is 4. The summed E-state index contributed by atoms with van der Waals surface area (Å²) in [5.41, 5.74) is -1.07. The number of halogens is 3. The van der Waals surface area contributed by atoms with Crippen LogP contribution in [0.4, 0.5) is 18.0 Å². The summed E-state index contributed by atoms with van der Waals surface area (Å²) in [6.45, 7) is 7.16. The molecular formula is C34H39F3N6O5. The van der Waals surface area contributed by atoms with Gasteiger partial charge in [0.1, 0.15) is 22.8 Å². The normalized spacial score (nSPS) is 16.0. The molecule has 5 rings (SSSR count). The van der Waals surface area contributed by atoms with Gasteiger partial charge in [-0.25, -0.2) is 38.3 Å². The summed E-state index contributed by atoms with van der Waals surface area (Å²) in [7, 11) is 1.45. The van der Waals surface area contributed by atoms with Gasteiger partial charge in [0.25, 0.3) is 0 Å². The monoisotopic (exact) mass is 668 g/mol. The molecule has 1 aromatic carbocycles. The third kappa shape index (κ3) is 6.68. The summed E-state index contributed by atoms with van der Waals surface area (Å²) < 4.78 is 57.7. The number of aliphatic hydroxyl groups is 2. The summed E-state index contributed by atoms with van der Waals surface area (Å²) in [6.07, 6.45) is 1.77. The Morgan fingerprint density at radius 1 is 1.10 bits per heavy atom. The molecule has 4 aromatic rings. The number of benzene rings is 1. The van der Waals surface area contributed by atoms with Gasteiger partial charge >= 0.3 is 6.09 Å². The van der Waals surface area contributed by atoms with Crippen LogP contribution in [0.3, 0.4) is 0 Å². The first kappa shape index (κ1) is 34.7. The van der Waals surface area contributed by atoms with Crippen molar-refractivity contribution in [3.63, 3.8) is 0 Å². The minimum Gasteiger partial charge on any atom is -0.481 e. The molecule has 3 aromatic heterocycles. The molecule has 1 fully saturated rings. The van der Waals surface area contributed by atoms with Crippen molar-refractivity contribution in [2.24, 2.45) is 11.6 Å². The Bertz CT molecular complexity index is 1890. The van der Waals surface area contributed by atoms with Crippen molar-refractivity contribution in [3.8, 4) is 17.1 Å². The summed E-state index contributed by atoms with van der Waals surface area (Å²) in [4.78, 5) is 21.8. The first-order valence-corrected chi connectivity index (χ1v) is 15.2. The Balaban J connectivity index is 1.59. The van der Waals surface area contributed by atoms with Gasteiger partial charge in [0.2, 0.25) is 5.88 Å². The molecule has 0 amide bonds. The van der Waals surface area contributed by atoms with Gasteiger partial charge in [-0.05, 0) is 83.9 Å². The van der Waals surface area contributed by atoms with E-state index < -0.39 is 46.7 Å². The highest BCUT2D eigenvalue weighted by Crippen LogP contribution is 2.54. The Hall–Kier alpha value is -4.66. The second-order valence-electron chi connectivity index (χ2n) is 13.5. The van der Waals surface area contributed by atoms with E-state index in [2.05, 4.69) is 9.97 Å². The first-order valence-electron chi connectivity index (χ1n) is 15.2. The lowest BCUT2D eigenvalue weighted by molar-refractivity contribution is -0.0755. The van der Waals surface area contributed by atoms with E-state index in [1.165, 1.54) is 50.1 Å². The molecule has 0 radical (unpaired) electrons. The van der Waals surface area contributed by atoms with Crippen molar-refractivity contribution in [1.29, 1.82) is 0 Å². The number of ether oxygens (including phenoxy) is 2. The number of hydrogen-bond acceptors (Lipinski definition) is 10. The maximum Gasteiger partial charge on any atom is 0.419 e. The number of fused-ring (bicyclic) bond motifs is 1. The van der Waals surface area contributed by atoms with Crippen LogP contribution in [0.25, 0.3) is 27.9 Å². The zero-order chi connectivity index (χ0) is 35.4. The van der Waals surface area contributed by atoms with Crippen molar-refractivity contribution in [2.75, 3.05) is 13.7 Å². The molecule has 0 bridgehead atoms. The number of aromatic nitrogens is 3. The molecule has 1 atom stereocenters. The third-order valence-corrected chi connectivity index (χ3v) is 8.05. The SMILES string of the molecule is COc1cc2cc(/C(N)=C/N(N)CC(O)(c3cc(C(C)(C)O)c(F)c(-c4ccc(F)cc4)n3)C3(F)CC3)n(C(=O)OC(C)(C)C)c2cn1. The van der Waals surface area contributed by atoms with E-state index >= 15 is 8.78 Å². The van der Waals surface area contributed by atoms with Crippen LogP contribution >= 0.6 is 0 Å². The minimum atomic E-state index is -2.43.